The number of nitrogens with one attached hydrogen (secondary N) is 4. The summed E-state index contributed by atoms with van der Waals surface area (Å²) in [5.41, 5.74) is 6.45. The van der Waals surface area contributed by atoms with E-state index in [-0.39, 0.29) is 0 Å². The first-order valence-corrected chi connectivity index (χ1v) is 14.4. The molecule has 10 heteroatoms. The van der Waals surface area contributed by atoms with Gasteiger partial charge in [-0.1, -0.05) is 12.1 Å². The highest BCUT2D eigenvalue weighted by Gasteiger charge is 2.29. The molecule has 218 valence electrons. The van der Waals surface area contributed by atoms with Crippen LogP contribution in [0.5, 0.6) is 5.75 Å². The predicted octanol–water partition coefficient (Wildman–Crippen LogP) is 5.06. The quantitative estimate of drug-likeness (QED) is 0.254. The molecule has 2 saturated heterocycles. The standard InChI is InChI=1S/C31H42N8O2/c1-33-25-15-21(5-6-22(25)19-32)26-17-31(36-20-35-26)37-28-16-27(34-2)29(18-30(28)41-4)39-11-7-23(8-12-39)38-13-9-24(40-3)10-14-38/h5-6,15-20,23-24,32-34H,7-14H2,1-4H3,(H,35,36,37). The van der Waals surface area contributed by atoms with E-state index in [2.05, 4.69) is 47.9 Å². The van der Waals surface area contributed by atoms with Crippen LogP contribution in [0.2, 0.25) is 0 Å². The fourth-order valence-corrected chi connectivity index (χ4v) is 6.03. The molecule has 0 atom stereocenters. The SMILES string of the molecule is CNc1cc(-c2cc(Nc3cc(NC)c(N4CCC(N5CCC(OC)CC5)CC4)cc3OC)ncn2)ccc1C=N. The number of likely N-dealkylation sites (tertiary alicyclic amines) is 1. The van der Waals surface area contributed by atoms with Gasteiger partial charge in [-0.15, -0.1) is 0 Å². The van der Waals surface area contributed by atoms with Gasteiger partial charge >= 0.3 is 0 Å². The topological polar surface area (TPSA) is 111 Å². The minimum absolute atomic E-state index is 0.420. The summed E-state index contributed by atoms with van der Waals surface area (Å²) in [5, 5.41) is 17.6. The Morgan fingerprint density at radius 2 is 1.63 bits per heavy atom. The maximum Gasteiger partial charge on any atom is 0.144 e. The molecule has 5 rings (SSSR count). The van der Waals surface area contributed by atoms with Gasteiger partial charge in [0.15, 0.2) is 0 Å². The maximum atomic E-state index is 7.61. The van der Waals surface area contributed by atoms with Gasteiger partial charge in [0, 0.05) is 88.6 Å². The summed E-state index contributed by atoms with van der Waals surface area (Å²) in [6, 6.07) is 12.6. The normalized spacial score (nSPS) is 16.8. The van der Waals surface area contributed by atoms with Crippen LogP contribution in [0.1, 0.15) is 31.2 Å². The highest BCUT2D eigenvalue weighted by atomic mass is 16.5. The molecule has 2 fully saturated rings. The third-order valence-electron chi connectivity index (χ3n) is 8.42. The van der Waals surface area contributed by atoms with Gasteiger partial charge in [-0.2, -0.15) is 0 Å². The Balaban J connectivity index is 1.31. The minimum Gasteiger partial charge on any atom is -0.494 e. The average Bonchev–Trinajstić information content (AvgIpc) is 3.04. The predicted molar refractivity (Wildman–Crippen MR) is 168 cm³/mol. The fraction of sp³-hybridized carbons (Fsp3) is 0.452. The van der Waals surface area contributed by atoms with Gasteiger partial charge in [0.25, 0.3) is 0 Å². The minimum atomic E-state index is 0.420. The Morgan fingerprint density at radius 1 is 0.878 bits per heavy atom. The van der Waals surface area contributed by atoms with E-state index in [4.69, 9.17) is 14.9 Å². The molecule has 2 aromatic carbocycles. The van der Waals surface area contributed by atoms with Crippen molar-refractivity contribution in [3.05, 3.63) is 48.3 Å². The van der Waals surface area contributed by atoms with Crippen molar-refractivity contribution in [3.63, 3.8) is 0 Å². The zero-order chi connectivity index (χ0) is 28.8. The van der Waals surface area contributed by atoms with E-state index in [0.29, 0.717) is 18.0 Å². The van der Waals surface area contributed by atoms with Gasteiger partial charge in [-0.05, 0) is 37.8 Å². The largest absolute Gasteiger partial charge is 0.494 e. The molecule has 0 radical (unpaired) electrons. The van der Waals surface area contributed by atoms with Crippen LogP contribution in [0.3, 0.4) is 0 Å². The zero-order valence-electron chi connectivity index (χ0n) is 24.5. The molecule has 0 aliphatic carbocycles. The number of hydrogen-bond acceptors (Lipinski definition) is 10. The molecule has 4 N–H and O–H groups in total. The van der Waals surface area contributed by atoms with Crippen molar-refractivity contribution in [2.45, 2.75) is 37.8 Å². The lowest BCUT2D eigenvalue weighted by Crippen LogP contribution is -2.48. The Labute approximate surface area is 243 Å². The van der Waals surface area contributed by atoms with E-state index in [9.17, 15) is 0 Å². The number of nitrogens with zero attached hydrogens (tertiary/aromatic N) is 4. The van der Waals surface area contributed by atoms with Crippen LogP contribution < -0.4 is 25.6 Å². The van der Waals surface area contributed by atoms with E-state index in [1.165, 1.54) is 6.21 Å². The second-order valence-electron chi connectivity index (χ2n) is 10.6. The third-order valence-corrected chi connectivity index (χ3v) is 8.42. The highest BCUT2D eigenvalue weighted by molar-refractivity contribution is 5.88. The first kappa shape index (κ1) is 28.6. The molecule has 0 unspecified atom stereocenters. The third kappa shape index (κ3) is 6.39. The molecule has 2 aliphatic heterocycles. The Bertz CT molecular complexity index is 1330. The number of rotatable bonds is 10. The molecule has 10 nitrogen and oxygen atoms in total. The lowest BCUT2D eigenvalue weighted by Gasteiger charge is -2.42. The van der Waals surface area contributed by atoms with E-state index >= 15 is 0 Å². The van der Waals surface area contributed by atoms with Crippen molar-refractivity contribution >= 4 is 34.8 Å². The van der Waals surface area contributed by atoms with Crippen LogP contribution in [0.4, 0.5) is 28.6 Å². The Hall–Kier alpha value is -3.89. The van der Waals surface area contributed by atoms with Gasteiger partial charge < -0.3 is 40.6 Å². The van der Waals surface area contributed by atoms with Crippen LogP contribution in [-0.4, -0.2) is 87.7 Å². The number of methoxy groups -OCH3 is 2. The number of aromatic nitrogens is 2. The second-order valence-corrected chi connectivity index (χ2v) is 10.6. The first-order valence-electron chi connectivity index (χ1n) is 14.4. The summed E-state index contributed by atoms with van der Waals surface area (Å²) in [5.74, 6) is 1.43. The van der Waals surface area contributed by atoms with Gasteiger partial charge in [0.1, 0.15) is 17.9 Å². The zero-order valence-corrected chi connectivity index (χ0v) is 24.5. The molecule has 0 amide bonds. The number of piperidine rings is 2. The Morgan fingerprint density at radius 3 is 2.29 bits per heavy atom. The van der Waals surface area contributed by atoms with E-state index in [1.807, 2.05) is 45.5 Å². The van der Waals surface area contributed by atoms with Gasteiger partial charge in [0.2, 0.25) is 0 Å². The molecule has 1 aromatic heterocycles. The monoisotopic (exact) mass is 558 g/mol. The van der Waals surface area contributed by atoms with Crippen molar-refractivity contribution in [2.24, 2.45) is 0 Å². The molecule has 2 aliphatic rings. The van der Waals surface area contributed by atoms with Crippen LogP contribution in [0.25, 0.3) is 11.3 Å². The summed E-state index contributed by atoms with van der Waals surface area (Å²) in [4.78, 5) is 14.1. The number of hydrogen-bond donors (Lipinski definition) is 4. The number of anilines is 5. The molecule has 0 spiro atoms. The van der Waals surface area contributed by atoms with Crippen molar-refractivity contribution in [2.75, 3.05) is 75.3 Å². The Kier molecular flexibility index (Phi) is 9.21. The van der Waals surface area contributed by atoms with Crippen molar-refractivity contribution in [3.8, 4) is 17.0 Å². The summed E-state index contributed by atoms with van der Waals surface area (Å²) in [7, 11) is 7.34. The van der Waals surface area contributed by atoms with Crippen LogP contribution in [0, 0.1) is 5.41 Å². The lowest BCUT2D eigenvalue weighted by molar-refractivity contribution is 0.0233. The van der Waals surface area contributed by atoms with Crippen LogP contribution >= 0.6 is 0 Å². The second kappa shape index (κ2) is 13.2. The fourth-order valence-electron chi connectivity index (χ4n) is 6.03. The molecule has 3 aromatic rings. The van der Waals surface area contributed by atoms with Crippen LogP contribution in [-0.2, 0) is 4.74 Å². The van der Waals surface area contributed by atoms with Crippen molar-refractivity contribution in [1.82, 2.24) is 14.9 Å². The molecule has 0 saturated carbocycles. The van der Waals surface area contributed by atoms with E-state index < -0.39 is 0 Å². The van der Waals surface area contributed by atoms with E-state index in [0.717, 1.165) is 97.2 Å². The number of benzene rings is 2. The lowest BCUT2D eigenvalue weighted by atomic mass is 9.98. The summed E-state index contributed by atoms with van der Waals surface area (Å²) >= 11 is 0. The molecule has 41 heavy (non-hydrogen) atoms. The first-order chi connectivity index (χ1) is 20.1. The average molecular weight is 559 g/mol. The summed E-state index contributed by atoms with van der Waals surface area (Å²) in [6.07, 6.45) is 7.90. The van der Waals surface area contributed by atoms with Gasteiger partial charge in [-0.3, -0.25) is 0 Å². The van der Waals surface area contributed by atoms with Crippen molar-refractivity contribution < 1.29 is 9.47 Å². The highest BCUT2D eigenvalue weighted by Crippen LogP contribution is 2.39. The number of ether oxygens (including phenoxy) is 2. The summed E-state index contributed by atoms with van der Waals surface area (Å²) < 4.78 is 11.4. The molecule has 3 heterocycles. The smallest absolute Gasteiger partial charge is 0.144 e. The van der Waals surface area contributed by atoms with Crippen LogP contribution in [0.15, 0.2) is 42.7 Å². The summed E-state index contributed by atoms with van der Waals surface area (Å²) in [6.45, 7) is 4.30. The van der Waals surface area contributed by atoms with Crippen molar-refractivity contribution in [1.29, 1.82) is 5.41 Å². The maximum absolute atomic E-state index is 7.61. The molecular formula is C31H42N8O2. The molecule has 0 bridgehead atoms. The molecular weight excluding hydrogens is 516 g/mol. The van der Waals surface area contributed by atoms with Gasteiger partial charge in [-0.25, -0.2) is 9.97 Å². The van der Waals surface area contributed by atoms with Gasteiger partial charge in [0.05, 0.1) is 36.0 Å². The van der Waals surface area contributed by atoms with E-state index in [1.54, 1.807) is 13.4 Å².